The Morgan fingerprint density at radius 1 is 0.978 bits per heavy atom. The molecule has 0 aliphatic carbocycles. The van der Waals surface area contributed by atoms with E-state index < -0.39 is 4.92 Å². The molecule has 1 unspecified atom stereocenters. The van der Waals surface area contributed by atoms with Gasteiger partial charge in [0, 0.05) is 30.4 Å². The third kappa shape index (κ3) is 8.84. The van der Waals surface area contributed by atoms with E-state index in [1.54, 1.807) is 42.6 Å². The third-order valence-corrected chi connectivity index (χ3v) is 7.07. The van der Waals surface area contributed by atoms with Crippen LogP contribution in [0.4, 0.5) is 28.7 Å². The highest BCUT2D eigenvalue weighted by Gasteiger charge is 2.21. The molecule has 240 valence electrons. The smallest absolute Gasteiger partial charge is 0.296 e. The van der Waals surface area contributed by atoms with E-state index in [2.05, 4.69) is 25.6 Å². The lowest BCUT2D eigenvalue weighted by Gasteiger charge is -2.21. The summed E-state index contributed by atoms with van der Waals surface area (Å²) in [4.78, 5) is 26.6. The first-order chi connectivity index (χ1) is 21.6. The van der Waals surface area contributed by atoms with Crippen LogP contribution < -0.4 is 24.8 Å². The van der Waals surface area contributed by atoms with Crippen LogP contribution in [0.1, 0.15) is 27.2 Å². The number of nitrogens with zero attached hydrogens (tertiary/aromatic N) is 5. The molecule has 45 heavy (non-hydrogen) atoms. The van der Waals surface area contributed by atoms with Gasteiger partial charge in [-0.3, -0.25) is 10.1 Å². The molecular formula is C31H37Cl2N7O5. The van der Waals surface area contributed by atoms with Gasteiger partial charge in [0.15, 0.2) is 0 Å². The summed E-state index contributed by atoms with van der Waals surface area (Å²) in [5, 5.41) is 18.6. The molecule has 1 atom stereocenters. The Balaban J connectivity index is 0.00000271. The van der Waals surface area contributed by atoms with Crippen LogP contribution in [-0.2, 0) is 0 Å². The fourth-order valence-electron chi connectivity index (χ4n) is 4.23. The molecule has 0 saturated carbocycles. The maximum atomic E-state index is 12.0. The lowest BCUT2D eigenvalue weighted by Crippen LogP contribution is -2.30. The van der Waals surface area contributed by atoms with Crippen LogP contribution in [0.3, 0.4) is 0 Å². The van der Waals surface area contributed by atoms with Crippen LogP contribution in [0.2, 0.25) is 10.0 Å². The van der Waals surface area contributed by atoms with E-state index in [1.807, 2.05) is 39.8 Å². The van der Waals surface area contributed by atoms with Crippen molar-refractivity contribution < 1.29 is 19.1 Å². The summed E-state index contributed by atoms with van der Waals surface area (Å²) in [6, 6.07) is 11.5. The summed E-state index contributed by atoms with van der Waals surface area (Å²) in [6.07, 6.45) is 3.59. The quantitative estimate of drug-likeness (QED) is 0.107. The van der Waals surface area contributed by atoms with E-state index in [0.29, 0.717) is 52.4 Å². The predicted molar refractivity (Wildman–Crippen MR) is 179 cm³/mol. The molecule has 0 fully saturated rings. The first-order valence-electron chi connectivity index (χ1n) is 14.2. The van der Waals surface area contributed by atoms with Crippen LogP contribution in [-0.4, -0.2) is 65.7 Å². The van der Waals surface area contributed by atoms with Crippen molar-refractivity contribution in [2.24, 2.45) is 0 Å². The van der Waals surface area contributed by atoms with E-state index in [1.165, 1.54) is 26.6 Å². The Hall–Kier alpha value is -4.39. The molecule has 0 saturated heterocycles. The van der Waals surface area contributed by atoms with Crippen LogP contribution in [0, 0.1) is 10.1 Å². The van der Waals surface area contributed by atoms with Gasteiger partial charge in [0.25, 0.3) is 5.69 Å². The number of halogens is 2. The highest BCUT2D eigenvalue weighted by Crippen LogP contribution is 2.46. The van der Waals surface area contributed by atoms with Gasteiger partial charge in [-0.05, 0) is 44.8 Å². The van der Waals surface area contributed by atoms with Gasteiger partial charge in [0.05, 0.1) is 36.6 Å². The van der Waals surface area contributed by atoms with Crippen molar-refractivity contribution in [1.29, 1.82) is 0 Å². The van der Waals surface area contributed by atoms with Gasteiger partial charge in [-0.25, -0.2) is 15.0 Å². The Morgan fingerprint density at radius 3 is 2.27 bits per heavy atom. The first-order valence-corrected chi connectivity index (χ1v) is 14.9. The van der Waals surface area contributed by atoms with E-state index in [0.717, 1.165) is 6.42 Å². The van der Waals surface area contributed by atoms with E-state index in [9.17, 15) is 10.1 Å². The van der Waals surface area contributed by atoms with Crippen LogP contribution in [0.15, 0.2) is 55.0 Å². The molecule has 0 aliphatic heterocycles. The molecule has 2 aromatic heterocycles. The Morgan fingerprint density at radius 2 is 1.67 bits per heavy atom. The van der Waals surface area contributed by atoms with E-state index in [4.69, 9.17) is 37.4 Å². The van der Waals surface area contributed by atoms with Gasteiger partial charge in [-0.2, -0.15) is 0 Å². The number of nitrogens with one attached hydrogen (secondary N) is 2. The number of nitro benzene ring substituents is 1. The second kappa shape index (κ2) is 16.6. The first kappa shape index (κ1) is 35.1. The van der Waals surface area contributed by atoms with Crippen LogP contribution >= 0.6 is 23.2 Å². The largest absolute Gasteiger partial charge is 0.495 e. The summed E-state index contributed by atoms with van der Waals surface area (Å²) >= 11 is 13.1. The molecular weight excluding hydrogens is 621 g/mol. The monoisotopic (exact) mass is 657 g/mol. The Labute approximate surface area is 272 Å². The van der Waals surface area contributed by atoms with Crippen molar-refractivity contribution in [2.45, 2.75) is 33.3 Å². The average Bonchev–Trinajstić information content (AvgIpc) is 3.04. The number of rotatable bonds is 13. The number of aromatic nitrogens is 3. The average molecular weight is 659 g/mol. The summed E-state index contributed by atoms with van der Waals surface area (Å²) in [5.74, 6) is 1.85. The van der Waals surface area contributed by atoms with Crippen molar-refractivity contribution in [2.75, 3.05) is 45.5 Å². The minimum Gasteiger partial charge on any atom is -0.495 e. The Kier molecular flexibility index (Phi) is 13.0. The molecule has 4 aromatic rings. The van der Waals surface area contributed by atoms with Gasteiger partial charge in [-0.15, -0.1) is 0 Å². The Bertz CT molecular complexity index is 1580. The van der Waals surface area contributed by atoms with Gasteiger partial charge >= 0.3 is 0 Å². The number of pyridine rings is 1. The van der Waals surface area contributed by atoms with Gasteiger partial charge in [0.2, 0.25) is 0 Å². The fraction of sp³-hybridized carbons (Fsp3) is 0.323. The summed E-state index contributed by atoms with van der Waals surface area (Å²) < 4.78 is 16.7. The molecule has 14 heteroatoms. The van der Waals surface area contributed by atoms with Crippen LogP contribution in [0.25, 0.3) is 11.3 Å². The number of hydrogen-bond acceptors (Lipinski definition) is 11. The van der Waals surface area contributed by atoms with Crippen molar-refractivity contribution in [3.63, 3.8) is 0 Å². The number of methoxy groups -OCH3 is 2. The van der Waals surface area contributed by atoms with Gasteiger partial charge in [-0.1, -0.05) is 44.0 Å². The molecule has 2 N–H and O–H groups in total. The summed E-state index contributed by atoms with van der Waals surface area (Å²) in [7, 11) is 6.86. The maximum Gasteiger partial charge on any atom is 0.296 e. The number of hydrogen-bond donors (Lipinski definition) is 2. The molecule has 0 radical (unpaired) electrons. The number of ether oxygens (including phenoxy) is 3. The minimum absolute atomic E-state index is 0.108. The molecule has 2 aromatic carbocycles. The fourth-order valence-corrected chi connectivity index (χ4v) is 4.82. The lowest BCUT2D eigenvalue weighted by atomic mass is 10.1. The van der Waals surface area contributed by atoms with Crippen molar-refractivity contribution in [3.8, 4) is 28.5 Å². The SMILES string of the molecule is CC.CCC(CN(C)C)Oc1ccc(Nc2cc(-c3cccnc3Nc3c(Cl)c(OC)cc(OC)c3Cl)ncn2)c([N+](=O)[O-])c1. The maximum absolute atomic E-state index is 12.0. The zero-order valence-corrected chi connectivity index (χ0v) is 27.7. The van der Waals surface area contributed by atoms with E-state index >= 15 is 0 Å². The number of nitro groups is 1. The zero-order chi connectivity index (χ0) is 33.1. The molecule has 4 rings (SSSR count). The standard InChI is InChI=1S/C29H31Cl2N7O5.C2H6/c1-6-17(15-37(2)3)43-18-9-10-20(22(12-18)38(39)40)35-25-13-21(33-16-34-25)19-8-7-11-32-29(19)36-28-26(30)23(41-4)14-24(42-5)27(28)31;1-2/h7-14,16-17H,6,15H2,1-5H3,(H,32,36)(H,33,34,35);1-2H3. The number of benzene rings is 2. The minimum atomic E-state index is -0.469. The number of likely N-dealkylation sites (N-methyl/N-ethyl adjacent to an activating group) is 1. The summed E-state index contributed by atoms with van der Waals surface area (Å²) in [6.45, 7) is 6.69. The third-order valence-electron chi connectivity index (χ3n) is 6.32. The molecule has 0 bridgehead atoms. The molecule has 0 aliphatic rings. The predicted octanol–water partition coefficient (Wildman–Crippen LogP) is 8.00. The lowest BCUT2D eigenvalue weighted by molar-refractivity contribution is -0.384. The van der Waals surface area contributed by atoms with Crippen molar-refractivity contribution >= 4 is 51.9 Å². The molecule has 2 heterocycles. The number of anilines is 4. The van der Waals surface area contributed by atoms with Gasteiger partial charge in [0.1, 0.15) is 57.0 Å². The topological polar surface area (TPSA) is 137 Å². The molecule has 0 spiro atoms. The highest BCUT2D eigenvalue weighted by molar-refractivity contribution is 6.41. The van der Waals surface area contributed by atoms with E-state index in [-0.39, 0.29) is 27.5 Å². The van der Waals surface area contributed by atoms with Gasteiger partial charge < -0.3 is 29.7 Å². The highest BCUT2D eigenvalue weighted by atomic mass is 35.5. The van der Waals surface area contributed by atoms with Crippen molar-refractivity contribution in [1.82, 2.24) is 19.9 Å². The van der Waals surface area contributed by atoms with Crippen LogP contribution in [0.5, 0.6) is 17.2 Å². The summed E-state index contributed by atoms with van der Waals surface area (Å²) in [5.41, 5.74) is 1.49. The second-order valence-electron chi connectivity index (χ2n) is 9.57. The zero-order valence-electron chi connectivity index (χ0n) is 26.2. The second-order valence-corrected chi connectivity index (χ2v) is 10.3. The van der Waals surface area contributed by atoms with Crippen molar-refractivity contribution in [3.05, 3.63) is 75.1 Å². The normalized spacial score (nSPS) is 11.2. The molecule has 12 nitrogen and oxygen atoms in total. The molecule has 0 amide bonds.